The zero-order valence-corrected chi connectivity index (χ0v) is 11.0. The molecule has 2 aromatic carbocycles. The SMILES string of the molecule is S=c1cc(-c2ccccc2Cl)oc2ccccc12. The van der Waals surface area contributed by atoms with Crippen molar-refractivity contribution in [3.63, 3.8) is 0 Å². The molecular weight excluding hydrogens is 264 g/mol. The number of hydrogen-bond donors (Lipinski definition) is 0. The third kappa shape index (κ3) is 1.94. The van der Waals surface area contributed by atoms with Gasteiger partial charge in [0.05, 0.1) is 9.53 Å². The van der Waals surface area contributed by atoms with E-state index >= 15 is 0 Å². The number of fused-ring (bicyclic) bond motifs is 1. The van der Waals surface area contributed by atoms with Crippen LogP contribution < -0.4 is 0 Å². The van der Waals surface area contributed by atoms with Gasteiger partial charge in [0.1, 0.15) is 11.3 Å². The average molecular weight is 273 g/mol. The van der Waals surface area contributed by atoms with E-state index in [0.717, 1.165) is 21.0 Å². The van der Waals surface area contributed by atoms with Gasteiger partial charge in [0, 0.05) is 17.0 Å². The van der Waals surface area contributed by atoms with Gasteiger partial charge in [0.2, 0.25) is 0 Å². The first-order valence-corrected chi connectivity index (χ1v) is 6.32. The molecular formula is C15H9ClOS. The molecule has 88 valence electrons. The number of halogens is 1. The summed E-state index contributed by atoms with van der Waals surface area (Å²) in [5, 5.41) is 1.61. The van der Waals surface area contributed by atoms with Crippen LogP contribution in [0.15, 0.2) is 59.0 Å². The van der Waals surface area contributed by atoms with Crippen LogP contribution in [0.2, 0.25) is 5.02 Å². The third-order valence-electron chi connectivity index (χ3n) is 2.77. The molecule has 0 saturated carbocycles. The van der Waals surface area contributed by atoms with E-state index in [9.17, 15) is 0 Å². The lowest BCUT2D eigenvalue weighted by molar-refractivity contribution is 0.620. The van der Waals surface area contributed by atoms with Crippen LogP contribution in [0.5, 0.6) is 0 Å². The quantitative estimate of drug-likeness (QED) is 0.544. The lowest BCUT2D eigenvalue weighted by atomic mass is 10.1. The molecule has 3 rings (SSSR count). The molecule has 0 amide bonds. The van der Waals surface area contributed by atoms with Gasteiger partial charge in [-0.2, -0.15) is 0 Å². The van der Waals surface area contributed by atoms with Crippen LogP contribution in [-0.4, -0.2) is 0 Å². The van der Waals surface area contributed by atoms with Crippen molar-refractivity contribution in [3.05, 3.63) is 64.1 Å². The fourth-order valence-electron chi connectivity index (χ4n) is 1.90. The van der Waals surface area contributed by atoms with Crippen molar-refractivity contribution in [2.45, 2.75) is 0 Å². The topological polar surface area (TPSA) is 13.1 Å². The first kappa shape index (κ1) is 11.5. The summed E-state index contributed by atoms with van der Waals surface area (Å²) in [5.74, 6) is 0.698. The summed E-state index contributed by atoms with van der Waals surface area (Å²) in [6, 6.07) is 17.2. The summed E-state index contributed by atoms with van der Waals surface area (Å²) < 4.78 is 6.63. The second kappa shape index (κ2) is 4.56. The number of para-hydroxylation sites is 1. The minimum absolute atomic E-state index is 0.658. The zero-order valence-electron chi connectivity index (χ0n) is 9.39. The van der Waals surface area contributed by atoms with Crippen LogP contribution in [-0.2, 0) is 0 Å². The lowest BCUT2D eigenvalue weighted by Crippen LogP contribution is -1.81. The number of hydrogen-bond acceptors (Lipinski definition) is 2. The highest BCUT2D eigenvalue weighted by atomic mass is 35.5. The van der Waals surface area contributed by atoms with E-state index < -0.39 is 0 Å². The molecule has 1 aromatic heterocycles. The Labute approximate surface area is 115 Å². The summed E-state index contributed by atoms with van der Waals surface area (Å²) in [6.07, 6.45) is 0. The predicted molar refractivity (Wildman–Crippen MR) is 77.5 cm³/mol. The first-order chi connectivity index (χ1) is 8.75. The first-order valence-electron chi connectivity index (χ1n) is 5.53. The Morgan fingerprint density at radius 2 is 1.67 bits per heavy atom. The minimum atomic E-state index is 0.658. The van der Waals surface area contributed by atoms with Gasteiger partial charge >= 0.3 is 0 Å². The Bertz CT molecular complexity index is 777. The molecule has 0 aliphatic carbocycles. The maximum absolute atomic E-state index is 6.17. The smallest absolute Gasteiger partial charge is 0.137 e. The molecule has 0 aliphatic heterocycles. The van der Waals surface area contributed by atoms with Crippen molar-refractivity contribution in [3.8, 4) is 11.3 Å². The van der Waals surface area contributed by atoms with Crippen LogP contribution in [0, 0.1) is 4.51 Å². The third-order valence-corrected chi connectivity index (χ3v) is 3.44. The Morgan fingerprint density at radius 1 is 0.944 bits per heavy atom. The Balaban J connectivity index is 2.32. The van der Waals surface area contributed by atoms with Crippen molar-refractivity contribution in [2.24, 2.45) is 0 Å². The van der Waals surface area contributed by atoms with E-state index in [2.05, 4.69) is 0 Å². The van der Waals surface area contributed by atoms with Crippen LogP contribution in [0.4, 0.5) is 0 Å². The standard InChI is InChI=1S/C15H9ClOS/c16-12-7-3-1-5-10(12)14-9-15(18)11-6-2-4-8-13(11)17-14/h1-9H. The van der Waals surface area contributed by atoms with Gasteiger partial charge in [-0.1, -0.05) is 48.1 Å². The molecule has 0 atom stereocenters. The van der Waals surface area contributed by atoms with Gasteiger partial charge in [0.15, 0.2) is 0 Å². The van der Waals surface area contributed by atoms with Crippen LogP contribution >= 0.6 is 23.8 Å². The van der Waals surface area contributed by atoms with E-state index in [1.54, 1.807) is 0 Å². The molecule has 0 bridgehead atoms. The minimum Gasteiger partial charge on any atom is -0.456 e. The van der Waals surface area contributed by atoms with Gasteiger partial charge in [-0.3, -0.25) is 0 Å². The number of rotatable bonds is 1. The molecule has 0 saturated heterocycles. The van der Waals surface area contributed by atoms with E-state index in [1.165, 1.54) is 0 Å². The van der Waals surface area contributed by atoms with Crippen LogP contribution in [0.1, 0.15) is 0 Å². The summed E-state index contributed by atoms with van der Waals surface area (Å²) in [4.78, 5) is 0. The second-order valence-electron chi connectivity index (χ2n) is 3.95. The Kier molecular flexibility index (Phi) is 2.90. The maximum Gasteiger partial charge on any atom is 0.137 e. The fraction of sp³-hybridized carbons (Fsp3) is 0. The fourth-order valence-corrected chi connectivity index (χ4v) is 2.40. The zero-order chi connectivity index (χ0) is 12.5. The van der Waals surface area contributed by atoms with Crippen LogP contribution in [0.3, 0.4) is 0 Å². The van der Waals surface area contributed by atoms with Crippen LogP contribution in [0.25, 0.3) is 22.3 Å². The van der Waals surface area contributed by atoms with Gasteiger partial charge in [-0.25, -0.2) is 0 Å². The van der Waals surface area contributed by atoms with Crippen molar-refractivity contribution in [1.29, 1.82) is 0 Å². The highest BCUT2D eigenvalue weighted by molar-refractivity contribution is 7.71. The summed E-state index contributed by atoms with van der Waals surface area (Å²) >= 11 is 11.5. The summed E-state index contributed by atoms with van der Waals surface area (Å²) in [5.41, 5.74) is 1.64. The molecule has 0 fully saturated rings. The second-order valence-corrected chi connectivity index (χ2v) is 4.80. The molecule has 1 heterocycles. The molecule has 0 spiro atoms. The summed E-state index contributed by atoms with van der Waals surface area (Å²) in [7, 11) is 0. The normalized spacial score (nSPS) is 10.7. The van der Waals surface area contributed by atoms with Crippen molar-refractivity contribution >= 4 is 34.8 Å². The van der Waals surface area contributed by atoms with E-state index in [1.807, 2.05) is 54.6 Å². The molecule has 3 aromatic rings. The molecule has 0 N–H and O–H groups in total. The molecule has 0 unspecified atom stereocenters. The largest absolute Gasteiger partial charge is 0.456 e. The van der Waals surface area contributed by atoms with Gasteiger partial charge in [0.25, 0.3) is 0 Å². The van der Waals surface area contributed by atoms with Crippen molar-refractivity contribution < 1.29 is 4.42 Å². The number of benzene rings is 2. The van der Waals surface area contributed by atoms with Gasteiger partial charge in [-0.15, -0.1) is 0 Å². The predicted octanol–water partition coefficient (Wildman–Crippen LogP) is 5.48. The molecule has 0 aliphatic rings. The highest BCUT2D eigenvalue weighted by Crippen LogP contribution is 2.30. The van der Waals surface area contributed by atoms with E-state index in [4.69, 9.17) is 28.2 Å². The lowest BCUT2D eigenvalue weighted by Gasteiger charge is -2.05. The average Bonchev–Trinajstić information content (AvgIpc) is 2.39. The highest BCUT2D eigenvalue weighted by Gasteiger charge is 2.07. The van der Waals surface area contributed by atoms with Gasteiger partial charge < -0.3 is 4.42 Å². The Morgan fingerprint density at radius 3 is 2.50 bits per heavy atom. The van der Waals surface area contributed by atoms with Gasteiger partial charge in [-0.05, 0) is 24.3 Å². The molecule has 1 nitrogen and oxygen atoms in total. The summed E-state index contributed by atoms with van der Waals surface area (Å²) in [6.45, 7) is 0. The Hall–Kier alpha value is -1.64. The molecule has 3 heteroatoms. The van der Waals surface area contributed by atoms with E-state index in [-0.39, 0.29) is 0 Å². The molecule has 0 radical (unpaired) electrons. The van der Waals surface area contributed by atoms with Crippen molar-refractivity contribution in [2.75, 3.05) is 0 Å². The van der Waals surface area contributed by atoms with Crippen molar-refractivity contribution in [1.82, 2.24) is 0 Å². The molecule has 18 heavy (non-hydrogen) atoms. The van der Waals surface area contributed by atoms with E-state index in [0.29, 0.717) is 10.8 Å². The maximum atomic E-state index is 6.17. The monoisotopic (exact) mass is 272 g/mol.